The highest BCUT2D eigenvalue weighted by Crippen LogP contribution is 2.21. The summed E-state index contributed by atoms with van der Waals surface area (Å²) in [4.78, 5) is 0.404. The molecule has 0 radical (unpaired) electrons. The fourth-order valence-electron chi connectivity index (χ4n) is 1.84. The summed E-state index contributed by atoms with van der Waals surface area (Å²) in [5.74, 6) is 0. The number of nitrogens with zero attached hydrogens (tertiary/aromatic N) is 1. The molecule has 102 valence electrons. The van der Waals surface area contributed by atoms with Crippen molar-refractivity contribution in [2.24, 2.45) is 5.73 Å². The molecule has 0 amide bonds. The number of hydrogen-bond acceptors (Lipinski definition) is 3. The molecule has 2 N–H and O–H groups in total. The molecular formula is C13H22N2O2S. The molecule has 0 unspecified atom stereocenters. The first kappa shape index (κ1) is 15.1. The molecule has 1 aromatic carbocycles. The molecule has 0 aliphatic rings. The first-order valence-corrected chi connectivity index (χ1v) is 7.65. The molecule has 0 aromatic heterocycles. The minimum atomic E-state index is -3.40. The molecule has 0 saturated carbocycles. The van der Waals surface area contributed by atoms with Crippen molar-refractivity contribution in [3.8, 4) is 0 Å². The second kappa shape index (κ2) is 6.31. The van der Waals surface area contributed by atoms with Gasteiger partial charge in [0.1, 0.15) is 0 Å². The standard InChI is InChI=1S/C13H22N2O2S/c1-4-15(9-5-8-14)18(16,17)13-10-11(2)6-7-12(13)3/h6-7,10H,4-5,8-9,14H2,1-3H3. The molecule has 0 atom stereocenters. The largest absolute Gasteiger partial charge is 0.330 e. The molecule has 4 nitrogen and oxygen atoms in total. The van der Waals surface area contributed by atoms with Gasteiger partial charge in [-0.1, -0.05) is 19.1 Å². The van der Waals surface area contributed by atoms with E-state index in [9.17, 15) is 8.42 Å². The van der Waals surface area contributed by atoms with E-state index in [4.69, 9.17) is 5.73 Å². The zero-order chi connectivity index (χ0) is 13.8. The smallest absolute Gasteiger partial charge is 0.243 e. The van der Waals surface area contributed by atoms with E-state index < -0.39 is 10.0 Å². The van der Waals surface area contributed by atoms with Gasteiger partial charge in [-0.3, -0.25) is 0 Å². The van der Waals surface area contributed by atoms with Crippen molar-refractivity contribution in [2.45, 2.75) is 32.1 Å². The van der Waals surface area contributed by atoms with Crippen molar-refractivity contribution in [1.29, 1.82) is 0 Å². The summed E-state index contributed by atoms with van der Waals surface area (Å²) >= 11 is 0. The van der Waals surface area contributed by atoms with Crippen LogP contribution in [0.25, 0.3) is 0 Å². The van der Waals surface area contributed by atoms with E-state index >= 15 is 0 Å². The van der Waals surface area contributed by atoms with Crippen molar-refractivity contribution in [2.75, 3.05) is 19.6 Å². The number of aryl methyl sites for hydroxylation is 2. The van der Waals surface area contributed by atoms with Crippen molar-refractivity contribution in [1.82, 2.24) is 4.31 Å². The summed E-state index contributed by atoms with van der Waals surface area (Å²) < 4.78 is 26.5. The molecule has 1 rings (SSSR count). The van der Waals surface area contributed by atoms with Crippen molar-refractivity contribution < 1.29 is 8.42 Å². The lowest BCUT2D eigenvalue weighted by molar-refractivity contribution is 0.422. The molecule has 1 aromatic rings. The molecule has 5 heteroatoms. The Labute approximate surface area is 110 Å². The number of sulfonamides is 1. The minimum Gasteiger partial charge on any atom is -0.330 e. The lowest BCUT2D eigenvalue weighted by Crippen LogP contribution is -2.33. The van der Waals surface area contributed by atoms with E-state index in [0.29, 0.717) is 31.0 Å². The predicted octanol–water partition coefficient (Wildman–Crippen LogP) is 1.66. The molecule has 18 heavy (non-hydrogen) atoms. The van der Waals surface area contributed by atoms with Crippen LogP contribution in [0, 0.1) is 13.8 Å². The van der Waals surface area contributed by atoms with Gasteiger partial charge in [-0.25, -0.2) is 8.42 Å². The molecule has 0 bridgehead atoms. The van der Waals surface area contributed by atoms with Crippen molar-refractivity contribution in [3.63, 3.8) is 0 Å². The van der Waals surface area contributed by atoms with E-state index in [1.165, 1.54) is 4.31 Å². The van der Waals surface area contributed by atoms with Gasteiger partial charge in [0.2, 0.25) is 10.0 Å². The maximum Gasteiger partial charge on any atom is 0.243 e. The number of nitrogens with two attached hydrogens (primary N) is 1. The molecular weight excluding hydrogens is 248 g/mol. The number of hydrogen-bond donors (Lipinski definition) is 1. The molecule has 0 heterocycles. The third-order valence-electron chi connectivity index (χ3n) is 2.93. The van der Waals surface area contributed by atoms with Gasteiger partial charge in [-0.15, -0.1) is 0 Å². The average molecular weight is 270 g/mol. The van der Waals surface area contributed by atoms with Crippen LogP contribution in [0.2, 0.25) is 0 Å². The van der Waals surface area contributed by atoms with Crippen LogP contribution in [0.5, 0.6) is 0 Å². The van der Waals surface area contributed by atoms with Crippen LogP contribution in [0.15, 0.2) is 23.1 Å². The van der Waals surface area contributed by atoms with E-state index in [-0.39, 0.29) is 0 Å². The Morgan fingerprint density at radius 1 is 1.28 bits per heavy atom. The first-order valence-electron chi connectivity index (χ1n) is 6.21. The summed E-state index contributed by atoms with van der Waals surface area (Å²) in [5.41, 5.74) is 7.18. The maximum absolute atomic E-state index is 12.5. The summed E-state index contributed by atoms with van der Waals surface area (Å²) in [7, 11) is -3.40. The fraction of sp³-hybridized carbons (Fsp3) is 0.538. The highest BCUT2D eigenvalue weighted by molar-refractivity contribution is 7.89. The Kier molecular flexibility index (Phi) is 5.31. The monoisotopic (exact) mass is 270 g/mol. The third kappa shape index (κ3) is 3.31. The Hall–Kier alpha value is -0.910. The average Bonchev–Trinajstić information content (AvgIpc) is 2.33. The normalized spacial score (nSPS) is 12.1. The van der Waals surface area contributed by atoms with E-state index in [1.807, 2.05) is 32.9 Å². The van der Waals surface area contributed by atoms with E-state index in [0.717, 1.165) is 11.1 Å². The topological polar surface area (TPSA) is 63.4 Å². The van der Waals surface area contributed by atoms with Gasteiger partial charge in [0.15, 0.2) is 0 Å². The van der Waals surface area contributed by atoms with Crippen LogP contribution in [0.1, 0.15) is 24.5 Å². The zero-order valence-corrected chi connectivity index (χ0v) is 12.1. The Morgan fingerprint density at radius 3 is 2.50 bits per heavy atom. The van der Waals surface area contributed by atoms with Gasteiger partial charge in [0.05, 0.1) is 4.90 Å². The van der Waals surface area contributed by atoms with Gasteiger partial charge in [-0.05, 0) is 44.0 Å². The van der Waals surface area contributed by atoms with Crippen LogP contribution >= 0.6 is 0 Å². The molecule has 0 fully saturated rings. The quantitative estimate of drug-likeness (QED) is 0.855. The summed E-state index contributed by atoms with van der Waals surface area (Å²) in [6, 6.07) is 5.50. The predicted molar refractivity (Wildman–Crippen MR) is 74.0 cm³/mol. The highest BCUT2D eigenvalue weighted by Gasteiger charge is 2.24. The van der Waals surface area contributed by atoms with Gasteiger partial charge < -0.3 is 5.73 Å². The summed E-state index contributed by atoms with van der Waals surface area (Å²) in [6.07, 6.45) is 0.679. The van der Waals surface area contributed by atoms with Crippen molar-refractivity contribution >= 4 is 10.0 Å². The van der Waals surface area contributed by atoms with Gasteiger partial charge in [0, 0.05) is 13.1 Å². The highest BCUT2D eigenvalue weighted by atomic mass is 32.2. The third-order valence-corrected chi connectivity index (χ3v) is 5.04. The van der Waals surface area contributed by atoms with Gasteiger partial charge >= 0.3 is 0 Å². The van der Waals surface area contributed by atoms with Crippen molar-refractivity contribution in [3.05, 3.63) is 29.3 Å². The number of benzene rings is 1. The summed E-state index contributed by atoms with van der Waals surface area (Å²) in [6.45, 7) is 7.01. The lowest BCUT2D eigenvalue weighted by atomic mass is 10.2. The maximum atomic E-state index is 12.5. The minimum absolute atomic E-state index is 0.404. The molecule has 0 aliphatic carbocycles. The Morgan fingerprint density at radius 2 is 1.94 bits per heavy atom. The number of rotatable bonds is 6. The van der Waals surface area contributed by atoms with Crippen LogP contribution < -0.4 is 5.73 Å². The first-order chi connectivity index (χ1) is 8.43. The lowest BCUT2D eigenvalue weighted by Gasteiger charge is -2.21. The molecule has 0 aliphatic heterocycles. The Balaban J connectivity index is 3.14. The van der Waals surface area contributed by atoms with Gasteiger partial charge in [-0.2, -0.15) is 4.31 Å². The van der Waals surface area contributed by atoms with Crippen LogP contribution in [0.3, 0.4) is 0 Å². The fourth-order valence-corrected chi connectivity index (χ4v) is 3.64. The van der Waals surface area contributed by atoms with Crippen LogP contribution in [0.4, 0.5) is 0 Å². The molecule has 0 saturated heterocycles. The molecule has 0 spiro atoms. The van der Waals surface area contributed by atoms with E-state index in [1.54, 1.807) is 6.07 Å². The van der Waals surface area contributed by atoms with Gasteiger partial charge in [0.25, 0.3) is 0 Å². The van der Waals surface area contributed by atoms with E-state index in [2.05, 4.69) is 0 Å². The zero-order valence-electron chi connectivity index (χ0n) is 11.3. The SMILES string of the molecule is CCN(CCCN)S(=O)(=O)c1cc(C)ccc1C. The van der Waals surface area contributed by atoms with Crippen LogP contribution in [-0.4, -0.2) is 32.4 Å². The Bertz CT molecular complexity index is 498. The van der Waals surface area contributed by atoms with Crippen LogP contribution in [-0.2, 0) is 10.0 Å². The second-order valence-electron chi connectivity index (χ2n) is 4.41. The summed E-state index contributed by atoms with van der Waals surface area (Å²) in [5, 5.41) is 0. The second-order valence-corrected chi connectivity index (χ2v) is 6.31.